The van der Waals surface area contributed by atoms with Crippen molar-refractivity contribution in [2.24, 2.45) is 0 Å². The van der Waals surface area contributed by atoms with Gasteiger partial charge in [-0.15, -0.1) is 0 Å². The van der Waals surface area contributed by atoms with Crippen LogP contribution in [0.1, 0.15) is 29.3 Å². The van der Waals surface area contributed by atoms with E-state index in [4.69, 9.17) is 33.2 Å². The van der Waals surface area contributed by atoms with E-state index >= 15 is 0 Å². The Morgan fingerprint density at radius 1 is 1.41 bits per heavy atom. The van der Waals surface area contributed by atoms with Crippen molar-refractivity contribution < 1.29 is 22.7 Å². The third kappa shape index (κ3) is 5.68. The lowest BCUT2D eigenvalue weighted by Crippen LogP contribution is -2.20. The molecule has 0 spiro atoms. The van der Waals surface area contributed by atoms with Crippen LogP contribution >= 0.6 is 23.2 Å². The molecule has 1 N–H and O–H groups in total. The number of aryl methyl sites for hydroxylation is 1. The first kappa shape index (κ1) is 23.8. The maximum atomic E-state index is 12.0. The van der Waals surface area contributed by atoms with Gasteiger partial charge in [0.15, 0.2) is 16.4 Å². The first-order chi connectivity index (χ1) is 15.1. The Morgan fingerprint density at radius 3 is 2.81 bits per heavy atom. The molecule has 1 aromatic heterocycles. The topological polar surface area (TPSA) is 131 Å². The van der Waals surface area contributed by atoms with E-state index in [9.17, 15) is 18.0 Å². The smallest absolute Gasteiger partial charge is 0.331 e. The van der Waals surface area contributed by atoms with Crippen molar-refractivity contribution >= 4 is 56.7 Å². The molecule has 1 amide bonds. The van der Waals surface area contributed by atoms with E-state index in [1.807, 2.05) is 6.07 Å². The number of halogens is 2. The minimum Gasteiger partial charge on any atom is -0.452 e. The Labute approximate surface area is 194 Å². The average Bonchev–Trinajstić information content (AvgIpc) is 3.23. The van der Waals surface area contributed by atoms with Crippen molar-refractivity contribution in [1.82, 2.24) is 9.78 Å². The fourth-order valence-corrected chi connectivity index (χ4v) is 5.41. The van der Waals surface area contributed by atoms with Crippen LogP contribution in [0.25, 0.3) is 6.08 Å². The maximum Gasteiger partial charge on any atom is 0.331 e. The Morgan fingerprint density at radius 2 is 2.16 bits per heavy atom. The Balaban J connectivity index is 1.60. The van der Waals surface area contributed by atoms with Crippen molar-refractivity contribution in [2.75, 3.05) is 23.4 Å². The number of carbonyl (C=O) groups excluding carboxylic acids is 2. The van der Waals surface area contributed by atoms with Gasteiger partial charge in [-0.2, -0.15) is 10.4 Å². The standard InChI is InChI=1S/C20H18Cl2N4O5S/c1-12-16(20(22)26(25-12)15-6-7-32(29,30)11-15)4-5-19(28)31-10-18(27)24-17-8-14(21)3-2-13(17)9-23/h2-5,8,15H,6-7,10-11H2,1H3,(H,24,27)/b5-4+/t15-/m1/s1. The first-order valence-electron chi connectivity index (χ1n) is 9.39. The lowest BCUT2D eigenvalue weighted by Gasteiger charge is -2.09. The SMILES string of the molecule is Cc1nn([C@@H]2CCS(=O)(=O)C2)c(Cl)c1/C=C/C(=O)OCC(=O)Nc1cc(Cl)ccc1C#N. The van der Waals surface area contributed by atoms with Gasteiger partial charge < -0.3 is 10.1 Å². The molecule has 1 atom stereocenters. The summed E-state index contributed by atoms with van der Waals surface area (Å²) in [4.78, 5) is 24.0. The minimum absolute atomic E-state index is 0.0334. The molecule has 0 saturated carbocycles. The van der Waals surface area contributed by atoms with Gasteiger partial charge in [-0.25, -0.2) is 17.9 Å². The van der Waals surface area contributed by atoms with Crippen LogP contribution in [0.2, 0.25) is 10.2 Å². The summed E-state index contributed by atoms with van der Waals surface area (Å²) in [6.45, 7) is 1.11. The van der Waals surface area contributed by atoms with Crippen molar-refractivity contribution in [3.8, 4) is 6.07 Å². The van der Waals surface area contributed by atoms with Crippen LogP contribution in [0.4, 0.5) is 5.69 Å². The predicted molar refractivity (Wildman–Crippen MR) is 119 cm³/mol. The van der Waals surface area contributed by atoms with Gasteiger partial charge in [0.1, 0.15) is 11.2 Å². The third-order valence-electron chi connectivity index (χ3n) is 4.73. The second-order valence-electron chi connectivity index (χ2n) is 7.08. The number of rotatable bonds is 6. The number of anilines is 1. The fourth-order valence-electron chi connectivity index (χ4n) is 3.17. The molecule has 1 aliphatic heterocycles. The van der Waals surface area contributed by atoms with Gasteiger partial charge >= 0.3 is 5.97 Å². The molecule has 2 heterocycles. The number of sulfone groups is 1. The van der Waals surface area contributed by atoms with Crippen LogP contribution in [-0.2, 0) is 24.2 Å². The zero-order valence-corrected chi connectivity index (χ0v) is 19.2. The molecule has 0 bridgehead atoms. The number of aromatic nitrogens is 2. The summed E-state index contributed by atoms with van der Waals surface area (Å²) in [5.41, 5.74) is 1.40. The highest BCUT2D eigenvalue weighted by Gasteiger charge is 2.31. The molecule has 1 aromatic carbocycles. The van der Waals surface area contributed by atoms with Gasteiger partial charge in [0.05, 0.1) is 34.5 Å². The van der Waals surface area contributed by atoms with Crippen molar-refractivity contribution in [3.63, 3.8) is 0 Å². The van der Waals surface area contributed by atoms with Gasteiger partial charge in [0.2, 0.25) is 0 Å². The Kier molecular flexibility index (Phi) is 7.23. The van der Waals surface area contributed by atoms with E-state index < -0.39 is 28.3 Å². The molecular formula is C20H18Cl2N4O5S. The molecule has 9 nitrogen and oxygen atoms in total. The lowest BCUT2D eigenvalue weighted by atomic mass is 10.2. The van der Waals surface area contributed by atoms with Crippen molar-refractivity contribution in [1.29, 1.82) is 5.26 Å². The summed E-state index contributed by atoms with van der Waals surface area (Å²) in [6, 6.07) is 5.96. The van der Waals surface area contributed by atoms with E-state index in [0.29, 0.717) is 22.7 Å². The highest BCUT2D eigenvalue weighted by Crippen LogP contribution is 2.30. The number of nitriles is 1. The van der Waals surface area contributed by atoms with Gasteiger partial charge in [0, 0.05) is 16.7 Å². The lowest BCUT2D eigenvalue weighted by molar-refractivity contribution is -0.142. The monoisotopic (exact) mass is 496 g/mol. The van der Waals surface area contributed by atoms with E-state index in [1.165, 1.54) is 29.0 Å². The number of esters is 1. The van der Waals surface area contributed by atoms with Crippen LogP contribution in [-0.4, -0.2) is 48.2 Å². The molecular weight excluding hydrogens is 479 g/mol. The number of hydrogen-bond donors (Lipinski definition) is 1. The van der Waals surface area contributed by atoms with Crippen molar-refractivity contribution in [2.45, 2.75) is 19.4 Å². The number of benzene rings is 1. The largest absolute Gasteiger partial charge is 0.452 e. The molecule has 2 aromatic rings. The second kappa shape index (κ2) is 9.73. The van der Waals surface area contributed by atoms with E-state index in [2.05, 4.69) is 10.4 Å². The van der Waals surface area contributed by atoms with Crippen LogP contribution < -0.4 is 5.32 Å². The Hall–Kier alpha value is -2.87. The Bertz CT molecular complexity index is 1250. The first-order valence-corrected chi connectivity index (χ1v) is 12.0. The summed E-state index contributed by atoms with van der Waals surface area (Å²) in [7, 11) is -3.11. The van der Waals surface area contributed by atoms with Crippen LogP contribution in [0, 0.1) is 18.3 Å². The zero-order valence-electron chi connectivity index (χ0n) is 16.8. The molecule has 1 aliphatic rings. The minimum atomic E-state index is -3.11. The summed E-state index contributed by atoms with van der Waals surface area (Å²) >= 11 is 12.2. The molecule has 12 heteroatoms. The molecule has 1 fully saturated rings. The molecule has 168 valence electrons. The average molecular weight is 497 g/mol. The number of carbonyl (C=O) groups is 2. The summed E-state index contributed by atoms with van der Waals surface area (Å²) in [5.74, 6) is -1.39. The quantitative estimate of drug-likeness (QED) is 0.480. The zero-order chi connectivity index (χ0) is 23.5. The van der Waals surface area contributed by atoms with Gasteiger partial charge in [-0.05, 0) is 37.6 Å². The summed E-state index contributed by atoms with van der Waals surface area (Å²) in [5, 5.41) is 16.4. The van der Waals surface area contributed by atoms with Gasteiger partial charge in [-0.1, -0.05) is 23.2 Å². The van der Waals surface area contributed by atoms with E-state index in [1.54, 1.807) is 6.92 Å². The van der Waals surface area contributed by atoms with Gasteiger partial charge in [0.25, 0.3) is 5.91 Å². The van der Waals surface area contributed by atoms with Crippen LogP contribution in [0.5, 0.6) is 0 Å². The molecule has 1 saturated heterocycles. The highest BCUT2D eigenvalue weighted by molar-refractivity contribution is 7.91. The molecule has 0 aliphatic carbocycles. The number of hydrogen-bond acceptors (Lipinski definition) is 7. The highest BCUT2D eigenvalue weighted by atomic mass is 35.5. The fraction of sp³-hybridized carbons (Fsp3) is 0.300. The predicted octanol–water partition coefficient (Wildman–Crippen LogP) is 2.92. The maximum absolute atomic E-state index is 12.0. The molecule has 3 rings (SSSR count). The molecule has 32 heavy (non-hydrogen) atoms. The second-order valence-corrected chi connectivity index (χ2v) is 10.1. The number of ether oxygens (including phenoxy) is 1. The van der Waals surface area contributed by atoms with E-state index in [-0.39, 0.29) is 34.0 Å². The van der Waals surface area contributed by atoms with Crippen molar-refractivity contribution in [3.05, 3.63) is 51.3 Å². The van der Waals surface area contributed by atoms with Gasteiger partial charge in [-0.3, -0.25) is 4.79 Å². The number of nitrogens with one attached hydrogen (secondary N) is 1. The van der Waals surface area contributed by atoms with E-state index in [0.717, 1.165) is 6.08 Å². The summed E-state index contributed by atoms with van der Waals surface area (Å²) < 4.78 is 29.8. The number of nitrogens with zero attached hydrogens (tertiary/aromatic N) is 3. The molecule has 0 unspecified atom stereocenters. The normalized spacial score (nSPS) is 17.2. The van der Waals surface area contributed by atoms with Crippen LogP contribution in [0.15, 0.2) is 24.3 Å². The molecule has 0 radical (unpaired) electrons. The number of amides is 1. The summed E-state index contributed by atoms with van der Waals surface area (Å²) in [6.07, 6.45) is 2.91. The van der Waals surface area contributed by atoms with Crippen LogP contribution in [0.3, 0.4) is 0 Å². The third-order valence-corrected chi connectivity index (χ3v) is 7.10.